The molecule has 1 amide bonds. The fraction of sp³-hybridized carbons (Fsp3) is 0.125. The molecule has 1 N–H and O–H groups in total. The van der Waals surface area contributed by atoms with E-state index < -0.39 is 0 Å². The molecule has 0 aliphatic rings. The molecule has 8 heteroatoms. The first-order chi connectivity index (χ1) is 15.5. The molecule has 3 aromatic carbocycles. The maximum atomic E-state index is 13.3. The quantitative estimate of drug-likeness (QED) is 0.291. The van der Waals surface area contributed by atoms with Gasteiger partial charge in [0.05, 0.1) is 32.4 Å². The SMILES string of the molecule is O=C(CSc1nc2ccccc2c(=O)n1-c1ccc(Cl)c(Cl)c1)NCCc1ccccc1. The molecule has 0 fully saturated rings. The topological polar surface area (TPSA) is 64.0 Å². The lowest BCUT2D eigenvalue weighted by Crippen LogP contribution is -2.28. The van der Waals surface area contributed by atoms with E-state index in [0.717, 1.165) is 12.0 Å². The summed E-state index contributed by atoms with van der Waals surface area (Å²) in [6, 6.07) is 22.0. The van der Waals surface area contributed by atoms with Crippen molar-refractivity contribution in [1.29, 1.82) is 0 Å². The molecule has 0 unspecified atom stereocenters. The van der Waals surface area contributed by atoms with Crippen LogP contribution in [0.15, 0.2) is 82.7 Å². The van der Waals surface area contributed by atoms with E-state index in [1.165, 1.54) is 16.3 Å². The molecule has 4 aromatic rings. The van der Waals surface area contributed by atoms with Gasteiger partial charge in [-0.25, -0.2) is 4.98 Å². The van der Waals surface area contributed by atoms with Crippen molar-refractivity contribution >= 4 is 51.8 Å². The second kappa shape index (κ2) is 10.2. The van der Waals surface area contributed by atoms with Crippen molar-refractivity contribution in [2.45, 2.75) is 11.6 Å². The Hall–Kier alpha value is -2.80. The monoisotopic (exact) mass is 483 g/mol. The number of halogens is 2. The first kappa shape index (κ1) is 22.4. The van der Waals surface area contributed by atoms with Gasteiger partial charge in [0, 0.05) is 6.54 Å². The molecule has 0 aliphatic carbocycles. The van der Waals surface area contributed by atoms with Crippen molar-refractivity contribution in [3.8, 4) is 5.69 Å². The highest BCUT2D eigenvalue weighted by molar-refractivity contribution is 7.99. The summed E-state index contributed by atoms with van der Waals surface area (Å²) < 4.78 is 1.46. The van der Waals surface area contributed by atoms with Crippen molar-refractivity contribution in [2.75, 3.05) is 12.3 Å². The molecule has 0 saturated carbocycles. The van der Waals surface area contributed by atoms with E-state index in [1.54, 1.807) is 36.4 Å². The van der Waals surface area contributed by atoms with E-state index >= 15 is 0 Å². The summed E-state index contributed by atoms with van der Waals surface area (Å²) in [4.78, 5) is 30.3. The molecule has 32 heavy (non-hydrogen) atoms. The minimum Gasteiger partial charge on any atom is -0.355 e. The summed E-state index contributed by atoms with van der Waals surface area (Å²) in [5.41, 5.74) is 2.03. The van der Waals surface area contributed by atoms with E-state index in [-0.39, 0.29) is 17.2 Å². The predicted molar refractivity (Wildman–Crippen MR) is 131 cm³/mol. The second-order valence-electron chi connectivity index (χ2n) is 7.02. The molecule has 0 spiro atoms. The molecule has 1 aromatic heterocycles. The van der Waals surface area contributed by atoms with Crippen molar-refractivity contribution in [2.24, 2.45) is 0 Å². The number of benzene rings is 3. The van der Waals surface area contributed by atoms with Crippen LogP contribution in [0.4, 0.5) is 0 Å². The average molecular weight is 484 g/mol. The van der Waals surface area contributed by atoms with E-state index in [4.69, 9.17) is 23.2 Å². The van der Waals surface area contributed by atoms with E-state index in [0.29, 0.717) is 38.3 Å². The van der Waals surface area contributed by atoms with Crippen LogP contribution in [-0.4, -0.2) is 27.8 Å². The van der Waals surface area contributed by atoms with Crippen LogP contribution >= 0.6 is 35.0 Å². The predicted octanol–water partition coefficient (Wildman–Crippen LogP) is 5.14. The molecule has 0 bridgehead atoms. The molecular formula is C24H19Cl2N3O2S. The highest BCUT2D eigenvalue weighted by Crippen LogP contribution is 2.27. The maximum Gasteiger partial charge on any atom is 0.266 e. The Morgan fingerprint density at radius 1 is 0.969 bits per heavy atom. The summed E-state index contributed by atoms with van der Waals surface area (Å²) in [7, 11) is 0. The number of carbonyl (C=O) groups is 1. The van der Waals surface area contributed by atoms with Gasteiger partial charge < -0.3 is 5.32 Å². The molecule has 4 rings (SSSR count). The maximum absolute atomic E-state index is 13.3. The normalized spacial score (nSPS) is 10.9. The summed E-state index contributed by atoms with van der Waals surface area (Å²) in [6.45, 7) is 0.536. The average Bonchev–Trinajstić information content (AvgIpc) is 2.80. The minimum atomic E-state index is -0.235. The summed E-state index contributed by atoms with van der Waals surface area (Å²) in [5, 5.41) is 4.53. The fourth-order valence-electron chi connectivity index (χ4n) is 3.23. The molecule has 0 aliphatic heterocycles. The van der Waals surface area contributed by atoms with Crippen LogP contribution in [0, 0.1) is 0 Å². The number of thioether (sulfide) groups is 1. The fourth-order valence-corrected chi connectivity index (χ4v) is 4.37. The molecule has 0 saturated heterocycles. The largest absolute Gasteiger partial charge is 0.355 e. The first-order valence-electron chi connectivity index (χ1n) is 9.93. The van der Waals surface area contributed by atoms with E-state index in [1.807, 2.05) is 36.4 Å². The van der Waals surface area contributed by atoms with Gasteiger partial charge in [0.1, 0.15) is 0 Å². The first-order valence-corrected chi connectivity index (χ1v) is 11.7. The third-order valence-electron chi connectivity index (χ3n) is 4.82. The number of aromatic nitrogens is 2. The number of nitrogens with one attached hydrogen (secondary N) is 1. The van der Waals surface area contributed by atoms with E-state index in [9.17, 15) is 9.59 Å². The number of hydrogen-bond acceptors (Lipinski definition) is 4. The molecule has 1 heterocycles. The van der Waals surface area contributed by atoms with Crippen molar-refractivity contribution in [1.82, 2.24) is 14.9 Å². The molecule has 0 radical (unpaired) electrons. The van der Waals surface area contributed by atoms with Crippen LogP contribution in [0.5, 0.6) is 0 Å². The van der Waals surface area contributed by atoms with E-state index in [2.05, 4.69) is 10.3 Å². The molecule has 0 atom stereocenters. The highest BCUT2D eigenvalue weighted by Gasteiger charge is 2.15. The smallest absolute Gasteiger partial charge is 0.266 e. The number of para-hydroxylation sites is 1. The van der Waals surface area contributed by atoms with Gasteiger partial charge in [-0.05, 0) is 42.3 Å². The lowest BCUT2D eigenvalue weighted by atomic mass is 10.1. The standard InChI is InChI=1S/C24H19Cl2N3O2S/c25-19-11-10-17(14-20(19)26)29-23(31)18-8-4-5-9-21(18)28-24(29)32-15-22(30)27-13-12-16-6-2-1-3-7-16/h1-11,14H,12-13,15H2,(H,27,30). The van der Waals surface area contributed by atoms with Crippen LogP contribution < -0.4 is 10.9 Å². The molecular weight excluding hydrogens is 465 g/mol. The highest BCUT2D eigenvalue weighted by atomic mass is 35.5. The number of hydrogen-bond donors (Lipinski definition) is 1. The van der Waals surface area contributed by atoms with Gasteiger partial charge in [-0.2, -0.15) is 0 Å². The number of fused-ring (bicyclic) bond motifs is 1. The van der Waals surface area contributed by atoms with Crippen LogP contribution in [0.25, 0.3) is 16.6 Å². The second-order valence-corrected chi connectivity index (χ2v) is 8.78. The third-order valence-corrected chi connectivity index (χ3v) is 6.49. The van der Waals surface area contributed by atoms with Gasteiger partial charge in [-0.1, -0.05) is 77.4 Å². The Morgan fingerprint density at radius 2 is 1.72 bits per heavy atom. The molecule has 5 nitrogen and oxygen atoms in total. The zero-order valence-electron chi connectivity index (χ0n) is 16.9. The van der Waals surface area contributed by atoms with Crippen molar-refractivity contribution < 1.29 is 4.79 Å². The van der Waals surface area contributed by atoms with Gasteiger partial charge in [-0.3, -0.25) is 14.2 Å². The zero-order chi connectivity index (χ0) is 22.5. The zero-order valence-corrected chi connectivity index (χ0v) is 19.3. The lowest BCUT2D eigenvalue weighted by Gasteiger charge is -2.14. The number of nitrogens with zero attached hydrogens (tertiary/aromatic N) is 2. The Balaban J connectivity index is 1.56. The summed E-state index contributed by atoms with van der Waals surface area (Å²) in [5.74, 6) is -0.00465. The van der Waals surface area contributed by atoms with Crippen molar-refractivity contribution in [3.63, 3.8) is 0 Å². The van der Waals surface area contributed by atoms with Gasteiger partial charge in [0.15, 0.2) is 5.16 Å². The van der Waals surface area contributed by atoms with Gasteiger partial charge >= 0.3 is 0 Å². The van der Waals surface area contributed by atoms with Crippen LogP contribution in [-0.2, 0) is 11.2 Å². The Bertz CT molecular complexity index is 1330. The third kappa shape index (κ3) is 5.15. The Labute approximate surface area is 199 Å². The lowest BCUT2D eigenvalue weighted by molar-refractivity contribution is -0.118. The number of carbonyl (C=O) groups excluding carboxylic acids is 1. The minimum absolute atomic E-state index is 0.126. The van der Waals surface area contributed by atoms with Crippen LogP contribution in [0.2, 0.25) is 10.0 Å². The van der Waals surface area contributed by atoms with Crippen LogP contribution in [0.3, 0.4) is 0 Å². The van der Waals surface area contributed by atoms with Gasteiger partial charge in [0.2, 0.25) is 5.91 Å². The summed E-state index contributed by atoms with van der Waals surface area (Å²) in [6.07, 6.45) is 0.749. The van der Waals surface area contributed by atoms with Gasteiger partial charge in [-0.15, -0.1) is 0 Å². The Morgan fingerprint density at radius 3 is 2.50 bits per heavy atom. The molecule has 162 valence electrons. The number of amides is 1. The van der Waals surface area contributed by atoms with Crippen molar-refractivity contribution in [3.05, 3.63) is 98.8 Å². The van der Waals surface area contributed by atoms with Crippen LogP contribution in [0.1, 0.15) is 5.56 Å². The Kier molecular flexibility index (Phi) is 7.15. The number of rotatable bonds is 7. The summed E-state index contributed by atoms with van der Waals surface area (Å²) >= 11 is 13.4. The van der Waals surface area contributed by atoms with Gasteiger partial charge in [0.25, 0.3) is 5.56 Å².